The van der Waals surface area contributed by atoms with Crippen molar-refractivity contribution in [1.82, 2.24) is 5.06 Å². The molecule has 0 fully saturated rings. The second kappa shape index (κ2) is 2.33. The van der Waals surface area contributed by atoms with Crippen molar-refractivity contribution >= 4 is 17.5 Å². The van der Waals surface area contributed by atoms with Crippen molar-refractivity contribution in [3.05, 3.63) is 0 Å². The summed E-state index contributed by atoms with van der Waals surface area (Å²) in [6, 6.07) is 0.376. The first-order chi connectivity index (χ1) is 3.83. The maximum absolute atomic E-state index is 5.40. The summed E-state index contributed by atoms with van der Waals surface area (Å²) in [5.41, 5.74) is 0. The third-order valence-electron chi connectivity index (χ3n) is 0.846. The number of hydrogen-bond acceptors (Lipinski definition) is 3. The molecular weight excluding hydrogens is 128 g/mol. The van der Waals surface area contributed by atoms with Crippen LogP contribution >= 0.6 is 11.6 Å². The first-order valence-corrected chi connectivity index (χ1v) is 2.86. The molecule has 0 amide bonds. The number of nitrogens with zero attached hydrogens (tertiary/aromatic N) is 2. The first kappa shape index (κ1) is 5.85. The maximum Gasteiger partial charge on any atom is 0.208 e. The maximum atomic E-state index is 5.40. The predicted octanol–water partition coefficient (Wildman–Crippen LogP) is 0.806. The zero-order valence-corrected chi connectivity index (χ0v) is 5.35. The van der Waals surface area contributed by atoms with E-state index >= 15 is 0 Å². The fourth-order valence-corrected chi connectivity index (χ4v) is 0.610. The van der Waals surface area contributed by atoms with Crippen molar-refractivity contribution in [3.8, 4) is 0 Å². The van der Waals surface area contributed by atoms with Crippen molar-refractivity contribution in [3.63, 3.8) is 0 Å². The minimum absolute atomic E-state index is 0.376. The van der Waals surface area contributed by atoms with Crippen LogP contribution in [0.3, 0.4) is 0 Å². The van der Waals surface area contributed by atoms with Gasteiger partial charge in [0.05, 0.1) is 0 Å². The summed E-state index contributed by atoms with van der Waals surface area (Å²) in [6.07, 6.45) is 0. The highest BCUT2D eigenvalue weighted by atomic mass is 35.5. The Labute approximate surface area is 52.9 Å². The molecular formula is C4H7ClN2O. The standard InChI is InChI=1S/C4H7ClN2O/c1-4-6-3-7(2-5)8-4/h2-3H2,1H3. The van der Waals surface area contributed by atoms with Gasteiger partial charge >= 0.3 is 0 Å². The third-order valence-corrected chi connectivity index (χ3v) is 1.11. The highest BCUT2D eigenvalue weighted by Gasteiger charge is 2.10. The van der Waals surface area contributed by atoms with E-state index in [1.165, 1.54) is 0 Å². The van der Waals surface area contributed by atoms with Gasteiger partial charge in [-0.25, -0.2) is 4.99 Å². The van der Waals surface area contributed by atoms with Gasteiger partial charge in [-0.3, -0.25) is 0 Å². The summed E-state index contributed by atoms with van der Waals surface area (Å²) in [5, 5.41) is 1.57. The lowest BCUT2D eigenvalue weighted by molar-refractivity contribution is -0.0304. The van der Waals surface area contributed by atoms with Crippen LogP contribution in [0.1, 0.15) is 6.92 Å². The van der Waals surface area contributed by atoms with Gasteiger partial charge < -0.3 is 4.84 Å². The van der Waals surface area contributed by atoms with Crippen molar-refractivity contribution in [2.75, 3.05) is 12.7 Å². The molecule has 0 atom stereocenters. The number of aliphatic imine (C=N–C) groups is 1. The average molecular weight is 135 g/mol. The molecule has 0 aliphatic carbocycles. The Morgan fingerprint density at radius 2 is 2.75 bits per heavy atom. The van der Waals surface area contributed by atoms with Crippen LogP contribution in [-0.2, 0) is 4.84 Å². The molecule has 0 bridgehead atoms. The molecule has 0 N–H and O–H groups in total. The Morgan fingerprint density at radius 1 is 2.00 bits per heavy atom. The lowest BCUT2D eigenvalue weighted by atomic mass is 10.8. The van der Waals surface area contributed by atoms with E-state index in [0.29, 0.717) is 18.6 Å². The van der Waals surface area contributed by atoms with E-state index in [0.717, 1.165) is 0 Å². The molecule has 1 rings (SSSR count). The van der Waals surface area contributed by atoms with Gasteiger partial charge in [0, 0.05) is 6.92 Å². The fourth-order valence-electron chi connectivity index (χ4n) is 0.485. The van der Waals surface area contributed by atoms with E-state index in [1.807, 2.05) is 0 Å². The lowest BCUT2D eigenvalue weighted by Crippen LogP contribution is -2.17. The number of rotatable bonds is 1. The first-order valence-electron chi connectivity index (χ1n) is 2.33. The molecule has 8 heavy (non-hydrogen) atoms. The smallest absolute Gasteiger partial charge is 0.208 e. The van der Waals surface area contributed by atoms with Crippen LogP contribution in [0.2, 0.25) is 0 Å². The zero-order valence-electron chi connectivity index (χ0n) is 4.59. The molecule has 46 valence electrons. The van der Waals surface area contributed by atoms with E-state index in [-0.39, 0.29) is 0 Å². The topological polar surface area (TPSA) is 24.8 Å². The minimum atomic E-state index is 0.376. The largest absolute Gasteiger partial charge is 0.388 e. The van der Waals surface area contributed by atoms with Crippen LogP contribution in [0.15, 0.2) is 4.99 Å². The van der Waals surface area contributed by atoms with Gasteiger partial charge in [-0.05, 0) is 0 Å². The summed E-state index contributed by atoms with van der Waals surface area (Å²) < 4.78 is 0. The van der Waals surface area contributed by atoms with E-state index in [9.17, 15) is 0 Å². The molecule has 0 saturated heterocycles. The van der Waals surface area contributed by atoms with Crippen LogP contribution < -0.4 is 0 Å². The van der Waals surface area contributed by atoms with Gasteiger partial charge in [0.15, 0.2) is 0 Å². The van der Waals surface area contributed by atoms with Crippen molar-refractivity contribution in [2.45, 2.75) is 6.92 Å². The molecule has 1 aliphatic rings. The van der Waals surface area contributed by atoms with Gasteiger partial charge in [-0.1, -0.05) is 0 Å². The Hall–Kier alpha value is -0.280. The van der Waals surface area contributed by atoms with Crippen molar-refractivity contribution in [1.29, 1.82) is 0 Å². The molecule has 4 heteroatoms. The van der Waals surface area contributed by atoms with Crippen molar-refractivity contribution in [2.24, 2.45) is 4.99 Å². The minimum Gasteiger partial charge on any atom is -0.388 e. The van der Waals surface area contributed by atoms with Crippen LogP contribution in [0.5, 0.6) is 0 Å². The number of alkyl halides is 1. The predicted molar refractivity (Wildman–Crippen MR) is 31.6 cm³/mol. The Morgan fingerprint density at radius 3 is 3.00 bits per heavy atom. The molecule has 0 unspecified atom stereocenters. The van der Waals surface area contributed by atoms with Crippen LogP contribution in [-0.4, -0.2) is 23.6 Å². The molecule has 1 aliphatic heterocycles. The van der Waals surface area contributed by atoms with Gasteiger partial charge in [0.2, 0.25) is 5.90 Å². The Balaban J connectivity index is 2.32. The summed E-state index contributed by atoms with van der Waals surface area (Å²) >= 11 is 5.40. The number of halogens is 1. The zero-order chi connectivity index (χ0) is 5.98. The highest BCUT2D eigenvalue weighted by molar-refractivity contribution is 6.17. The molecule has 0 aromatic heterocycles. The van der Waals surface area contributed by atoms with Gasteiger partial charge in [-0.2, -0.15) is 0 Å². The molecule has 0 aromatic carbocycles. The third kappa shape index (κ3) is 1.11. The lowest BCUT2D eigenvalue weighted by Gasteiger charge is -2.06. The van der Waals surface area contributed by atoms with E-state index in [1.54, 1.807) is 12.0 Å². The summed E-state index contributed by atoms with van der Waals surface area (Å²) in [6.45, 7) is 2.36. The van der Waals surface area contributed by atoms with Crippen molar-refractivity contribution < 1.29 is 4.84 Å². The Kier molecular flexibility index (Phi) is 1.70. The molecule has 3 nitrogen and oxygen atoms in total. The SMILES string of the molecule is CC1=NCN(CCl)O1. The highest BCUT2D eigenvalue weighted by Crippen LogP contribution is 2.01. The number of hydroxylamine groups is 2. The second-order valence-corrected chi connectivity index (χ2v) is 1.75. The normalized spacial score (nSPS) is 20.5. The van der Waals surface area contributed by atoms with Gasteiger partial charge in [0.25, 0.3) is 0 Å². The van der Waals surface area contributed by atoms with Crippen LogP contribution in [0, 0.1) is 0 Å². The molecule has 0 spiro atoms. The van der Waals surface area contributed by atoms with E-state index < -0.39 is 0 Å². The van der Waals surface area contributed by atoms with Crippen LogP contribution in [0.25, 0.3) is 0 Å². The van der Waals surface area contributed by atoms with Crippen LogP contribution in [0.4, 0.5) is 0 Å². The summed E-state index contributed by atoms with van der Waals surface area (Å²) in [5.74, 6) is 0.686. The fraction of sp³-hybridized carbons (Fsp3) is 0.750. The molecule has 0 radical (unpaired) electrons. The molecule has 0 saturated carbocycles. The quantitative estimate of drug-likeness (QED) is 0.392. The van der Waals surface area contributed by atoms with Gasteiger partial charge in [-0.15, -0.1) is 16.7 Å². The summed E-state index contributed by atoms with van der Waals surface area (Å²) in [4.78, 5) is 8.89. The second-order valence-electron chi connectivity index (χ2n) is 1.51. The Bertz CT molecular complexity index is 115. The van der Waals surface area contributed by atoms with E-state index in [2.05, 4.69) is 4.99 Å². The average Bonchev–Trinajstić information content (AvgIpc) is 2.14. The molecule has 0 aromatic rings. The molecule has 1 heterocycles. The van der Waals surface area contributed by atoms with Gasteiger partial charge in [0.1, 0.15) is 12.7 Å². The summed E-state index contributed by atoms with van der Waals surface area (Å²) in [7, 11) is 0. The van der Waals surface area contributed by atoms with E-state index in [4.69, 9.17) is 16.4 Å². The monoisotopic (exact) mass is 134 g/mol. The number of hydrogen-bond donors (Lipinski definition) is 0.